The molecule has 1 aromatic carbocycles. The van der Waals surface area contributed by atoms with Gasteiger partial charge in [-0.15, -0.1) is 0 Å². The van der Waals surface area contributed by atoms with Crippen LogP contribution < -0.4 is 5.32 Å². The molecule has 2 heterocycles. The van der Waals surface area contributed by atoms with Crippen LogP contribution in [0.4, 0.5) is 5.95 Å². The quantitative estimate of drug-likeness (QED) is 0.146. The minimum atomic E-state index is -1.18. The molecule has 0 atom stereocenters. The van der Waals surface area contributed by atoms with Crippen LogP contribution in [0.2, 0.25) is 25.7 Å². The van der Waals surface area contributed by atoms with Gasteiger partial charge in [0.15, 0.2) is 5.65 Å². The second kappa shape index (κ2) is 12.5. The zero-order chi connectivity index (χ0) is 28.2. The van der Waals surface area contributed by atoms with E-state index in [1.807, 2.05) is 49.8 Å². The van der Waals surface area contributed by atoms with Gasteiger partial charge in [0, 0.05) is 43.4 Å². The van der Waals surface area contributed by atoms with Gasteiger partial charge in [-0.2, -0.15) is 10.1 Å². The van der Waals surface area contributed by atoms with E-state index in [-0.39, 0.29) is 12.0 Å². The van der Waals surface area contributed by atoms with Gasteiger partial charge in [0.1, 0.15) is 18.0 Å². The summed E-state index contributed by atoms with van der Waals surface area (Å²) in [6.45, 7) is 13.8. The molecule has 0 saturated heterocycles. The number of hydrogen-bond donors (Lipinski definition) is 1. The third kappa shape index (κ3) is 8.84. The van der Waals surface area contributed by atoms with Crippen LogP contribution in [0.1, 0.15) is 52.9 Å². The number of benzene rings is 1. The molecule has 10 heteroatoms. The summed E-state index contributed by atoms with van der Waals surface area (Å²) in [5.41, 5.74) is 2.17. The van der Waals surface area contributed by atoms with E-state index in [1.165, 1.54) is 0 Å². The molecule has 2 aromatic heterocycles. The van der Waals surface area contributed by atoms with Crippen LogP contribution in [0.3, 0.4) is 0 Å². The standard InChI is InChI=1S/C29H42BrN5O3Si/c1-29(2,3)38-25(36)16-20-10-12-23(13-11-20)32-28-31-18-24-26(21-8-7-9-22(30)17-21)34-35(27(24)33-28)19-37-14-15-39(4,5)6/h7-9,17-18,20,23H,10-16,19H2,1-6H3,(H,31,32,33). The predicted octanol–water partition coefficient (Wildman–Crippen LogP) is 7.27. The van der Waals surface area contributed by atoms with E-state index in [4.69, 9.17) is 19.6 Å². The van der Waals surface area contributed by atoms with Gasteiger partial charge in [0.05, 0.1) is 5.39 Å². The van der Waals surface area contributed by atoms with Crippen molar-refractivity contribution in [2.24, 2.45) is 5.92 Å². The number of hydrogen-bond acceptors (Lipinski definition) is 7. The maximum atomic E-state index is 12.2. The van der Waals surface area contributed by atoms with Gasteiger partial charge in [0.2, 0.25) is 5.95 Å². The number of fused-ring (bicyclic) bond motifs is 1. The van der Waals surface area contributed by atoms with Crippen molar-refractivity contribution in [3.05, 3.63) is 34.9 Å². The molecule has 1 N–H and O–H groups in total. The van der Waals surface area contributed by atoms with E-state index in [0.717, 1.165) is 58.5 Å². The summed E-state index contributed by atoms with van der Waals surface area (Å²) in [6, 6.07) is 9.48. The minimum Gasteiger partial charge on any atom is -0.460 e. The average molecular weight is 617 g/mol. The van der Waals surface area contributed by atoms with Crippen molar-refractivity contribution in [2.45, 2.75) is 96.9 Å². The first-order valence-electron chi connectivity index (χ1n) is 13.9. The Hall–Kier alpha value is -2.30. The fraction of sp³-hybridized carbons (Fsp3) is 0.586. The van der Waals surface area contributed by atoms with Crippen LogP contribution in [-0.2, 0) is 21.0 Å². The van der Waals surface area contributed by atoms with Crippen molar-refractivity contribution in [3.63, 3.8) is 0 Å². The number of ether oxygens (including phenoxy) is 2. The van der Waals surface area contributed by atoms with E-state index in [9.17, 15) is 4.79 Å². The molecule has 1 aliphatic carbocycles. The van der Waals surface area contributed by atoms with Gasteiger partial charge in [-0.3, -0.25) is 4.79 Å². The lowest BCUT2D eigenvalue weighted by Crippen LogP contribution is -2.30. The molecule has 0 aliphatic heterocycles. The first-order valence-corrected chi connectivity index (χ1v) is 18.4. The lowest BCUT2D eigenvalue weighted by molar-refractivity contribution is -0.156. The normalized spacial score (nSPS) is 18.3. The molecule has 39 heavy (non-hydrogen) atoms. The van der Waals surface area contributed by atoms with Gasteiger partial charge in [-0.25, -0.2) is 9.67 Å². The highest BCUT2D eigenvalue weighted by Gasteiger charge is 2.26. The third-order valence-corrected chi connectivity index (χ3v) is 9.05. The monoisotopic (exact) mass is 615 g/mol. The molecule has 0 amide bonds. The van der Waals surface area contributed by atoms with Crippen molar-refractivity contribution < 1.29 is 14.3 Å². The van der Waals surface area contributed by atoms with E-state index in [0.29, 0.717) is 31.6 Å². The Morgan fingerprint density at radius 3 is 2.59 bits per heavy atom. The van der Waals surface area contributed by atoms with Gasteiger partial charge >= 0.3 is 5.97 Å². The van der Waals surface area contributed by atoms with Crippen LogP contribution in [0.5, 0.6) is 0 Å². The average Bonchev–Trinajstić information content (AvgIpc) is 3.19. The summed E-state index contributed by atoms with van der Waals surface area (Å²) < 4.78 is 14.4. The molecule has 3 aromatic rings. The van der Waals surface area contributed by atoms with Crippen LogP contribution in [0.15, 0.2) is 34.9 Å². The lowest BCUT2D eigenvalue weighted by atomic mass is 9.84. The Labute approximate surface area is 241 Å². The smallest absolute Gasteiger partial charge is 0.306 e. The number of nitrogens with one attached hydrogen (secondary N) is 1. The topological polar surface area (TPSA) is 91.2 Å². The summed E-state index contributed by atoms with van der Waals surface area (Å²) in [7, 11) is -1.18. The third-order valence-electron chi connectivity index (χ3n) is 6.85. The fourth-order valence-corrected chi connectivity index (χ4v) is 5.96. The van der Waals surface area contributed by atoms with Crippen LogP contribution in [-0.4, -0.2) is 52.0 Å². The Kier molecular flexibility index (Phi) is 9.49. The number of anilines is 1. The highest BCUT2D eigenvalue weighted by Crippen LogP contribution is 2.31. The van der Waals surface area contributed by atoms with Gasteiger partial charge < -0.3 is 14.8 Å². The van der Waals surface area contributed by atoms with Crippen molar-refractivity contribution >= 4 is 47.0 Å². The van der Waals surface area contributed by atoms with Crippen LogP contribution >= 0.6 is 15.9 Å². The minimum absolute atomic E-state index is 0.103. The zero-order valence-electron chi connectivity index (χ0n) is 24.1. The molecule has 0 bridgehead atoms. The van der Waals surface area contributed by atoms with Crippen LogP contribution in [0.25, 0.3) is 22.3 Å². The molecular weight excluding hydrogens is 574 g/mol. The number of carbonyl (C=O) groups excluding carboxylic acids is 1. The molecular formula is C29H42BrN5O3Si. The predicted molar refractivity (Wildman–Crippen MR) is 162 cm³/mol. The zero-order valence-corrected chi connectivity index (χ0v) is 26.7. The summed E-state index contributed by atoms with van der Waals surface area (Å²) >= 11 is 3.57. The highest BCUT2D eigenvalue weighted by molar-refractivity contribution is 9.10. The van der Waals surface area contributed by atoms with Crippen molar-refractivity contribution in [1.82, 2.24) is 19.7 Å². The van der Waals surface area contributed by atoms with E-state index in [1.54, 1.807) is 0 Å². The molecule has 0 spiro atoms. The SMILES string of the molecule is CC(C)(C)OC(=O)CC1CCC(Nc2ncc3c(-c4cccc(Br)c4)nn(COCC[Si](C)(C)C)c3n2)CC1. The van der Waals surface area contributed by atoms with Crippen molar-refractivity contribution in [3.8, 4) is 11.3 Å². The number of rotatable bonds is 10. The second-order valence-corrected chi connectivity index (χ2v) is 19.3. The molecule has 1 aliphatic rings. The number of esters is 1. The first kappa shape index (κ1) is 29.7. The lowest BCUT2D eigenvalue weighted by Gasteiger charge is -2.29. The van der Waals surface area contributed by atoms with Crippen molar-refractivity contribution in [1.29, 1.82) is 0 Å². The Bertz CT molecular complexity index is 1280. The molecule has 1 saturated carbocycles. The molecule has 0 radical (unpaired) electrons. The second-order valence-electron chi connectivity index (χ2n) is 12.8. The number of carbonyl (C=O) groups is 1. The largest absolute Gasteiger partial charge is 0.460 e. The number of nitrogens with zero attached hydrogens (tertiary/aromatic N) is 4. The summed E-state index contributed by atoms with van der Waals surface area (Å²) in [5.74, 6) is 0.861. The maximum Gasteiger partial charge on any atom is 0.306 e. The molecule has 1 fully saturated rings. The van der Waals surface area contributed by atoms with E-state index in [2.05, 4.69) is 51.9 Å². The highest BCUT2D eigenvalue weighted by atomic mass is 79.9. The van der Waals surface area contributed by atoms with Gasteiger partial charge in [0.25, 0.3) is 0 Å². The van der Waals surface area contributed by atoms with Crippen LogP contribution in [0, 0.1) is 5.92 Å². The Morgan fingerprint density at radius 1 is 1.18 bits per heavy atom. The van der Waals surface area contributed by atoms with Gasteiger partial charge in [-0.1, -0.05) is 47.7 Å². The number of halogens is 1. The molecule has 212 valence electrons. The van der Waals surface area contributed by atoms with E-state index >= 15 is 0 Å². The summed E-state index contributed by atoms with van der Waals surface area (Å²) in [6.07, 6.45) is 6.25. The Balaban J connectivity index is 1.46. The first-order chi connectivity index (χ1) is 18.4. The fourth-order valence-electron chi connectivity index (χ4n) is 4.81. The summed E-state index contributed by atoms with van der Waals surface area (Å²) in [5, 5.41) is 9.33. The summed E-state index contributed by atoms with van der Waals surface area (Å²) in [4.78, 5) is 21.8. The van der Waals surface area contributed by atoms with Gasteiger partial charge in [-0.05, 0) is 70.5 Å². The van der Waals surface area contributed by atoms with Crippen molar-refractivity contribution in [2.75, 3.05) is 11.9 Å². The molecule has 8 nitrogen and oxygen atoms in total. The Morgan fingerprint density at radius 2 is 1.92 bits per heavy atom. The molecule has 4 rings (SSSR count). The number of aromatic nitrogens is 4. The maximum absolute atomic E-state index is 12.2. The molecule has 0 unspecified atom stereocenters. The van der Waals surface area contributed by atoms with E-state index < -0.39 is 13.7 Å².